The molecule has 11 heavy (non-hydrogen) atoms. The molecular weight excluding hydrogens is 158 g/mol. The standard InChI is InChI=1S/C7H3N3S/c8-4-5-3-6-7(11-5)10-2-1-9-6/h1-3H. The summed E-state index contributed by atoms with van der Waals surface area (Å²) in [5.41, 5.74) is 0.800. The van der Waals surface area contributed by atoms with Crippen LogP contribution in [0.2, 0.25) is 0 Å². The van der Waals surface area contributed by atoms with E-state index < -0.39 is 0 Å². The van der Waals surface area contributed by atoms with Crippen LogP contribution in [0.3, 0.4) is 0 Å². The molecule has 3 nitrogen and oxygen atoms in total. The number of nitrogens with zero attached hydrogens (tertiary/aromatic N) is 3. The van der Waals surface area contributed by atoms with Crippen LogP contribution >= 0.6 is 11.3 Å². The van der Waals surface area contributed by atoms with Gasteiger partial charge in [-0.2, -0.15) is 5.26 Å². The fourth-order valence-electron chi connectivity index (χ4n) is 0.827. The van der Waals surface area contributed by atoms with Gasteiger partial charge in [0.1, 0.15) is 21.3 Å². The summed E-state index contributed by atoms with van der Waals surface area (Å²) in [5, 5.41) is 8.54. The van der Waals surface area contributed by atoms with E-state index in [0.29, 0.717) is 4.88 Å². The second kappa shape index (κ2) is 2.29. The minimum atomic E-state index is 0.659. The topological polar surface area (TPSA) is 49.6 Å². The average Bonchev–Trinajstić information content (AvgIpc) is 2.46. The van der Waals surface area contributed by atoms with Crippen molar-refractivity contribution >= 4 is 21.7 Å². The number of thiophene rings is 1. The van der Waals surface area contributed by atoms with Crippen LogP contribution < -0.4 is 0 Å². The van der Waals surface area contributed by atoms with Crippen LogP contribution in [0.15, 0.2) is 18.5 Å². The van der Waals surface area contributed by atoms with Gasteiger partial charge in [0.15, 0.2) is 0 Å². The fraction of sp³-hybridized carbons (Fsp3) is 0. The Morgan fingerprint density at radius 3 is 2.91 bits per heavy atom. The predicted molar refractivity (Wildman–Crippen MR) is 42.1 cm³/mol. The molecule has 0 amide bonds. The summed E-state index contributed by atoms with van der Waals surface area (Å²) in [7, 11) is 0. The quantitative estimate of drug-likeness (QED) is 0.589. The summed E-state index contributed by atoms with van der Waals surface area (Å²) in [6, 6.07) is 3.80. The first-order chi connectivity index (χ1) is 5.40. The molecule has 4 heteroatoms. The lowest BCUT2D eigenvalue weighted by Gasteiger charge is -1.80. The van der Waals surface area contributed by atoms with Gasteiger partial charge in [0.25, 0.3) is 0 Å². The Kier molecular flexibility index (Phi) is 1.30. The molecule has 52 valence electrons. The average molecular weight is 161 g/mol. The molecule has 2 rings (SSSR count). The van der Waals surface area contributed by atoms with Crippen LogP contribution in [0.25, 0.3) is 10.3 Å². The zero-order chi connectivity index (χ0) is 7.68. The molecule has 0 spiro atoms. The molecule has 0 fully saturated rings. The molecule has 0 bridgehead atoms. The Hall–Kier alpha value is -1.47. The van der Waals surface area contributed by atoms with Crippen LogP contribution in [-0.4, -0.2) is 9.97 Å². The third kappa shape index (κ3) is 0.954. The largest absolute Gasteiger partial charge is 0.252 e. The van der Waals surface area contributed by atoms with E-state index in [4.69, 9.17) is 5.26 Å². The van der Waals surface area contributed by atoms with Gasteiger partial charge in [-0.3, -0.25) is 4.98 Å². The van der Waals surface area contributed by atoms with Gasteiger partial charge in [0.2, 0.25) is 0 Å². The van der Waals surface area contributed by atoms with E-state index >= 15 is 0 Å². The maximum atomic E-state index is 8.54. The number of nitriles is 1. The number of aromatic nitrogens is 2. The smallest absolute Gasteiger partial charge is 0.143 e. The van der Waals surface area contributed by atoms with E-state index in [-0.39, 0.29) is 0 Å². The van der Waals surface area contributed by atoms with Crippen LogP contribution in [0.5, 0.6) is 0 Å². The van der Waals surface area contributed by atoms with Crippen molar-refractivity contribution in [3.8, 4) is 6.07 Å². The van der Waals surface area contributed by atoms with E-state index in [1.807, 2.05) is 0 Å². The van der Waals surface area contributed by atoms with Gasteiger partial charge in [-0.15, -0.1) is 11.3 Å². The molecule has 0 radical (unpaired) electrons. The van der Waals surface area contributed by atoms with E-state index in [0.717, 1.165) is 10.3 Å². The van der Waals surface area contributed by atoms with E-state index in [1.54, 1.807) is 18.5 Å². The Balaban J connectivity index is 2.81. The van der Waals surface area contributed by atoms with Crippen molar-refractivity contribution in [3.05, 3.63) is 23.3 Å². The molecule has 0 unspecified atom stereocenters. The van der Waals surface area contributed by atoms with Crippen LogP contribution in [0.1, 0.15) is 4.88 Å². The van der Waals surface area contributed by atoms with E-state index in [9.17, 15) is 0 Å². The van der Waals surface area contributed by atoms with Crippen molar-refractivity contribution in [2.45, 2.75) is 0 Å². The highest BCUT2D eigenvalue weighted by molar-refractivity contribution is 7.19. The summed E-state index contributed by atoms with van der Waals surface area (Å²) in [6.45, 7) is 0. The zero-order valence-electron chi connectivity index (χ0n) is 5.48. The third-order valence-electron chi connectivity index (χ3n) is 1.28. The van der Waals surface area contributed by atoms with E-state index in [1.165, 1.54) is 11.3 Å². The number of rotatable bonds is 0. The molecule has 0 aromatic carbocycles. The molecule has 2 heterocycles. The maximum Gasteiger partial charge on any atom is 0.143 e. The Morgan fingerprint density at radius 1 is 1.36 bits per heavy atom. The summed E-state index contributed by atoms with van der Waals surface area (Å²) in [6.07, 6.45) is 3.25. The molecule has 0 aliphatic carbocycles. The minimum absolute atomic E-state index is 0.659. The van der Waals surface area contributed by atoms with Crippen molar-refractivity contribution in [2.24, 2.45) is 0 Å². The first-order valence-electron chi connectivity index (χ1n) is 3.01. The molecule has 2 aromatic heterocycles. The minimum Gasteiger partial charge on any atom is -0.252 e. The highest BCUT2D eigenvalue weighted by atomic mass is 32.1. The molecule has 0 saturated heterocycles. The molecule has 0 aliphatic rings. The summed E-state index contributed by atoms with van der Waals surface area (Å²) in [5.74, 6) is 0. The lowest BCUT2D eigenvalue weighted by Crippen LogP contribution is -1.72. The normalized spacial score (nSPS) is 9.73. The summed E-state index contributed by atoms with van der Waals surface area (Å²) >= 11 is 1.36. The van der Waals surface area contributed by atoms with Gasteiger partial charge in [-0.25, -0.2) is 4.98 Å². The predicted octanol–water partition coefficient (Wildman–Crippen LogP) is 1.56. The van der Waals surface area contributed by atoms with Crippen LogP contribution in [0, 0.1) is 11.3 Å². The van der Waals surface area contributed by atoms with Crippen LogP contribution in [-0.2, 0) is 0 Å². The highest BCUT2D eigenvalue weighted by Crippen LogP contribution is 2.19. The molecule has 2 aromatic rings. The van der Waals surface area contributed by atoms with Gasteiger partial charge < -0.3 is 0 Å². The SMILES string of the molecule is N#Cc1cc2nccnc2s1. The second-order valence-corrected chi connectivity index (χ2v) is 3.00. The van der Waals surface area contributed by atoms with Crippen molar-refractivity contribution in [1.82, 2.24) is 9.97 Å². The number of hydrogen-bond donors (Lipinski definition) is 0. The van der Waals surface area contributed by atoms with Gasteiger partial charge >= 0.3 is 0 Å². The Bertz CT molecular complexity index is 393. The van der Waals surface area contributed by atoms with Gasteiger partial charge in [0.05, 0.1) is 0 Å². The zero-order valence-corrected chi connectivity index (χ0v) is 6.30. The second-order valence-electron chi connectivity index (χ2n) is 1.97. The first-order valence-corrected chi connectivity index (χ1v) is 3.82. The van der Waals surface area contributed by atoms with Crippen molar-refractivity contribution < 1.29 is 0 Å². The highest BCUT2D eigenvalue weighted by Gasteiger charge is 2.00. The molecular formula is C7H3N3S. The van der Waals surface area contributed by atoms with Crippen molar-refractivity contribution in [2.75, 3.05) is 0 Å². The third-order valence-corrected chi connectivity index (χ3v) is 2.21. The summed E-state index contributed by atoms with van der Waals surface area (Å²) in [4.78, 5) is 9.58. The van der Waals surface area contributed by atoms with E-state index in [2.05, 4.69) is 16.0 Å². The first kappa shape index (κ1) is 6.25. The maximum absolute atomic E-state index is 8.54. The van der Waals surface area contributed by atoms with Gasteiger partial charge in [-0.1, -0.05) is 0 Å². The van der Waals surface area contributed by atoms with Crippen molar-refractivity contribution in [1.29, 1.82) is 5.26 Å². The molecule has 0 atom stereocenters. The number of hydrogen-bond acceptors (Lipinski definition) is 4. The van der Waals surface area contributed by atoms with Crippen molar-refractivity contribution in [3.63, 3.8) is 0 Å². The molecule has 0 aliphatic heterocycles. The number of fused-ring (bicyclic) bond motifs is 1. The Morgan fingerprint density at radius 2 is 2.18 bits per heavy atom. The van der Waals surface area contributed by atoms with Crippen LogP contribution in [0.4, 0.5) is 0 Å². The monoisotopic (exact) mass is 161 g/mol. The Labute approximate surface area is 67.0 Å². The molecule has 0 saturated carbocycles. The molecule has 0 N–H and O–H groups in total. The fourth-order valence-corrected chi connectivity index (χ4v) is 1.58. The van der Waals surface area contributed by atoms with Gasteiger partial charge in [-0.05, 0) is 6.07 Å². The lowest BCUT2D eigenvalue weighted by atomic mass is 10.4. The van der Waals surface area contributed by atoms with Gasteiger partial charge in [0, 0.05) is 12.4 Å². The lowest BCUT2D eigenvalue weighted by molar-refractivity contribution is 1.32. The summed E-state index contributed by atoms with van der Waals surface area (Å²) < 4.78 is 0.